The van der Waals surface area contributed by atoms with Crippen molar-refractivity contribution in [2.24, 2.45) is 0 Å². The molecule has 0 saturated carbocycles. The Kier molecular flexibility index (Phi) is 5.53. The first-order valence-electron chi connectivity index (χ1n) is 9.98. The van der Waals surface area contributed by atoms with Gasteiger partial charge in [-0.3, -0.25) is 4.79 Å². The Balaban J connectivity index is 1.49. The van der Waals surface area contributed by atoms with Crippen LogP contribution in [0.5, 0.6) is 0 Å². The van der Waals surface area contributed by atoms with E-state index in [1.165, 1.54) is 12.1 Å². The highest BCUT2D eigenvalue weighted by molar-refractivity contribution is 5.87. The second-order valence-corrected chi connectivity index (χ2v) is 7.64. The molecule has 0 spiro atoms. The van der Waals surface area contributed by atoms with Gasteiger partial charge in [0.25, 0.3) is 0 Å². The number of fused-ring (bicyclic) bond motifs is 1. The van der Waals surface area contributed by atoms with Gasteiger partial charge < -0.3 is 19.7 Å². The molecule has 152 valence electrons. The number of aliphatic hydroxyl groups is 1. The van der Waals surface area contributed by atoms with Gasteiger partial charge in [-0.15, -0.1) is 0 Å². The Hall–Kier alpha value is -2.86. The van der Waals surface area contributed by atoms with Crippen LogP contribution in [0.1, 0.15) is 36.9 Å². The third-order valence-corrected chi connectivity index (χ3v) is 5.55. The number of nitrogens with one attached hydrogen (secondary N) is 1. The Bertz CT molecular complexity index is 1010. The lowest BCUT2D eigenvalue weighted by Gasteiger charge is -2.34. The third-order valence-electron chi connectivity index (χ3n) is 5.55. The fourth-order valence-electron chi connectivity index (χ4n) is 3.98. The van der Waals surface area contributed by atoms with Crippen LogP contribution >= 0.6 is 0 Å². The molecular weight excluding hydrogens is 371 g/mol. The molecule has 1 aliphatic rings. The molecule has 3 aromatic rings. The lowest BCUT2D eigenvalue weighted by atomic mass is 10.0. The number of benzene rings is 2. The standard InChI is InChI=1S/C23H25FN2O3/c1-15(25-23(28)12-16-14-29-22-5-3-2-4-19(16)22)20-13-17(24)6-7-21(20)26-10-8-18(27)9-11-26/h2-7,13-15,18,27H,8-12H2,1H3,(H,25,28). The van der Waals surface area contributed by atoms with Crippen LogP contribution in [0.2, 0.25) is 0 Å². The molecule has 1 fully saturated rings. The molecule has 0 radical (unpaired) electrons. The van der Waals surface area contributed by atoms with Crippen LogP contribution in [0.25, 0.3) is 11.0 Å². The number of anilines is 1. The van der Waals surface area contributed by atoms with E-state index in [0.29, 0.717) is 25.9 Å². The summed E-state index contributed by atoms with van der Waals surface area (Å²) in [4.78, 5) is 14.8. The summed E-state index contributed by atoms with van der Waals surface area (Å²) >= 11 is 0. The second-order valence-electron chi connectivity index (χ2n) is 7.64. The Morgan fingerprint density at radius 2 is 2.03 bits per heavy atom. The number of halogens is 1. The normalized spacial score (nSPS) is 16.2. The number of furan rings is 1. The fourth-order valence-corrected chi connectivity index (χ4v) is 3.98. The Labute approximate surface area is 169 Å². The molecule has 1 saturated heterocycles. The van der Waals surface area contributed by atoms with E-state index < -0.39 is 0 Å². The van der Waals surface area contributed by atoms with Crippen LogP contribution in [0.4, 0.5) is 10.1 Å². The van der Waals surface area contributed by atoms with Crippen molar-refractivity contribution in [3.8, 4) is 0 Å². The van der Waals surface area contributed by atoms with Gasteiger partial charge in [-0.25, -0.2) is 4.39 Å². The number of para-hydroxylation sites is 1. The van der Waals surface area contributed by atoms with E-state index in [1.54, 1.807) is 12.3 Å². The number of aliphatic hydroxyl groups excluding tert-OH is 1. The van der Waals surface area contributed by atoms with Crippen molar-refractivity contribution in [3.63, 3.8) is 0 Å². The maximum atomic E-state index is 14.0. The molecule has 2 heterocycles. The number of hydrogen-bond acceptors (Lipinski definition) is 4. The van der Waals surface area contributed by atoms with Gasteiger partial charge in [-0.05, 0) is 44.0 Å². The first-order valence-corrected chi connectivity index (χ1v) is 9.98. The highest BCUT2D eigenvalue weighted by Gasteiger charge is 2.23. The van der Waals surface area contributed by atoms with Crippen LogP contribution in [-0.4, -0.2) is 30.2 Å². The van der Waals surface area contributed by atoms with Crippen molar-refractivity contribution in [2.75, 3.05) is 18.0 Å². The number of amides is 1. The van der Waals surface area contributed by atoms with Gasteiger partial charge in [-0.1, -0.05) is 18.2 Å². The molecule has 0 aliphatic carbocycles. The summed E-state index contributed by atoms with van der Waals surface area (Å²) in [5.74, 6) is -0.476. The van der Waals surface area contributed by atoms with Crippen LogP contribution in [-0.2, 0) is 11.2 Å². The zero-order valence-electron chi connectivity index (χ0n) is 16.4. The number of carbonyl (C=O) groups excluding carboxylic acids is 1. The molecule has 5 nitrogen and oxygen atoms in total. The number of carbonyl (C=O) groups is 1. The molecule has 29 heavy (non-hydrogen) atoms. The molecule has 1 amide bonds. The lowest BCUT2D eigenvalue weighted by Crippen LogP contribution is -2.37. The van der Waals surface area contributed by atoms with E-state index in [-0.39, 0.29) is 30.3 Å². The van der Waals surface area contributed by atoms with Gasteiger partial charge in [0.1, 0.15) is 11.4 Å². The zero-order valence-corrected chi connectivity index (χ0v) is 16.4. The van der Waals surface area contributed by atoms with E-state index in [0.717, 1.165) is 27.8 Å². The minimum atomic E-state index is -0.349. The molecule has 1 aromatic heterocycles. The van der Waals surface area contributed by atoms with E-state index >= 15 is 0 Å². The zero-order chi connectivity index (χ0) is 20.4. The maximum Gasteiger partial charge on any atom is 0.225 e. The van der Waals surface area contributed by atoms with Gasteiger partial charge in [0.15, 0.2) is 0 Å². The molecule has 1 aliphatic heterocycles. The quantitative estimate of drug-likeness (QED) is 0.685. The fraction of sp³-hybridized carbons (Fsp3) is 0.348. The predicted octanol–water partition coefficient (Wildman–Crippen LogP) is 3.95. The summed E-state index contributed by atoms with van der Waals surface area (Å²) in [5.41, 5.74) is 3.23. The molecule has 0 bridgehead atoms. The summed E-state index contributed by atoms with van der Waals surface area (Å²) in [5, 5.41) is 13.7. The van der Waals surface area contributed by atoms with Gasteiger partial charge in [0.2, 0.25) is 5.91 Å². The van der Waals surface area contributed by atoms with E-state index in [1.807, 2.05) is 31.2 Å². The van der Waals surface area contributed by atoms with Crippen molar-refractivity contribution >= 4 is 22.6 Å². The summed E-state index contributed by atoms with van der Waals surface area (Å²) in [7, 11) is 0. The third kappa shape index (κ3) is 4.27. The highest BCUT2D eigenvalue weighted by Crippen LogP contribution is 2.30. The van der Waals surface area contributed by atoms with Crippen molar-refractivity contribution in [3.05, 3.63) is 65.7 Å². The molecule has 1 unspecified atom stereocenters. The highest BCUT2D eigenvalue weighted by atomic mass is 19.1. The topological polar surface area (TPSA) is 65.7 Å². The van der Waals surface area contributed by atoms with Gasteiger partial charge in [0.05, 0.1) is 24.8 Å². The smallest absolute Gasteiger partial charge is 0.225 e. The number of hydrogen-bond donors (Lipinski definition) is 2. The average molecular weight is 396 g/mol. The first-order chi connectivity index (χ1) is 14.0. The Morgan fingerprint density at radius 1 is 1.28 bits per heavy atom. The maximum absolute atomic E-state index is 14.0. The molecule has 2 aromatic carbocycles. The van der Waals surface area contributed by atoms with E-state index in [2.05, 4.69) is 10.2 Å². The van der Waals surface area contributed by atoms with Crippen LogP contribution in [0, 0.1) is 5.82 Å². The average Bonchev–Trinajstić information content (AvgIpc) is 3.11. The minimum Gasteiger partial charge on any atom is -0.464 e. The van der Waals surface area contributed by atoms with Gasteiger partial charge in [0, 0.05) is 35.3 Å². The van der Waals surface area contributed by atoms with Crippen molar-refractivity contribution < 1.29 is 18.7 Å². The number of piperidine rings is 1. The first kappa shape index (κ1) is 19.5. The van der Waals surface area contributed by atoms with E-state index in [4.69, 9.17) is 4.42 Å². The second kappa shape index (κ2) is 8.25. The van der Waals surface area contributed by atoms with Gasteiger partial charge >= 0.3 is 0 Å². The predicted molar refractivity (Wildman–Crippen MR) is 110 cm³/mol. The molecular formula is C23H25FN2O3. The van der Waals surface area contributed by atoms with Crippen molar-refractivity contribution in [1.82, 2.24) is 5.32 Å². The van der Waals surface area contributed by atoms with Crippen LogP contribution in [0.3, 0.4) is 0 Å². The van der Waals surface area contributed by atoms with Crippen molar-refractivity contribution in [2.45, 2.75) is 38.3 Å². The van der Waals surface area contributed by atoms with Crippen LogP contribution in [0.15, 0.2) is 53.1 Å². The summed E-state index contributed by atoms with van der Waals surface area (Å²) in [6.07, 6.45) is 2.90. The largest absolute Gasteiger partial charge is 0.464 e. The molecule has 2 N–H and O–H groups in total. The van der Waals surface area contributed by atoms with Crippen LogP contribution < -0.4 is 10.2 Å². The number of nitrogens with zero attached hydrogens (tertiary/aromatic N) is 1. The molecule has 4 rings (SSSR count). The summed E-state index contributed by atoms with van der Waals surface area (Å²) in [6, 6.07) is 11.9. The molecule has 1 atom stereocenters. The van der Waals surface area contributed by atoms with E-state index in [9.17, 15) is 14.3 Å². The SMILES string of the molecule is CC(NC(=O)Cc1coc2ccccc12)c1cc(F)ccc1N1CCC(O)CC1. The summed E-state index contributed by atoms with van der Waals surface area (Å²) in [6.45, 7) is 3.28. The number of rotatable bonds is 5. The summed E-state index contributed by atoms with van der Waals surface area (Å²) < 4.78 is 19.5. The van der Waals surface area contributed by atoms with Gasteiger partial charge in [-0.2, -0.15) is 0 Å². The van der Waals surface area contributed by atoms with Crippen molar-refractivity contribution in [1.29, 1.82) is 0 Å². The monoisotopic (exact) mass is 396 g/mol. The molecule has 6 heteroatoms. The minimum absolute atomic E-state index is 0.145. The Morgan fingerprint density at radius 3 is 2.83 bits per heavy atom. The lowest BCUT2D eigenvalue weighted by molar-refractivity contribution is -0.121.